The predicted molar refractivity (Wildman–Crippen MR) is 102 cm³/mol. The van der Waals surface area contributed by atoms with E-state index in [0.717, 1.165) is 24.1 Å². The van der Waals surface area contributed by atoms with Gasteiger partial charge < -0.3 is 15.5 Å². The number of nitrogens with zero attached hydrogens (tertiary/aromatic N) is 3. The van der Waals surface area contributed by atoms with Crippen molar-refractivity contribution < 1.29 is 15.0 Å². The van der Waals surface area contributed by atoms with Crippen LogP contribution in [0.5, 0.6) is 11.6 Å². The van der Waals surface area contributed by atoms with Gasteiger partial charge in [-0.15, -0.1) is 0 Å². The van der Waals surface area contributed by atoms with E-state index >= 15 is 0 Å². The zero-order valence-electron chi connectivity index (χ0n) is 16.0. The summed E-state index contributed by atoms with van der Waals surface area (Å²) in [5.41, 5.74) is 2.02. The van der Waals surface area contributed by atoms with Crippen LogP contribution >= 0.6 is 0 Å². The lowest BCUT2D eigenvalue weighted by Gasteiger charge is -2.28. The molecule has 7 nitrogen and oxygen atoms in total. The number of pyridine rings is 1. The Kier molecular flexibility index (Phi) is 5.58. The van der Waals surface area contributed by atoms with Crippen molar-refractivity contribution in [1.82, 2.24) is 20.3 Å². The van der Waals surface area contributed by atoms with Crippen LogP contribution in [0.15, 0.2) is 12.1 Å². The number of aryl methyl sites for hydroxylation is 2. The fourth-order valence-electron chi connectivity index (χ4n) is 3.50. The number of hydrogen-bond donors (Lipinski definition) is 3. The second kappa shape index (κ2) is 7.90. The van der Waals surface area contributed by atoms with Gasteiger partial charge in [-0.3, -0.25) is 4.79 Å². The first-order valence-corrected chi connectivity index (χ1v) is 9.42. The number of nitrogens with one attached hydrogen (secondary N) is 1. The Balaban J connectivity index is 1.86. The maximum Gasteiger partial charge on any atom is 0.274 e. The number of hydrogen-bond acceptors (Lipinski definition) is 6. The fraction of sp³-hybridized carbons (Fsp3) is 0.500. The molecule has 1 fully saturated rings. The van der Waals surface area contributed by atoms with E-state index in [0.29, 0.717) is 11.6 Å². The van der Waals surface area contributed by atoms with Crippen LogP contribution in [0.4, 0.5) is 0 Å². The van der Waals surface area contributed by atoms with E-state index in [4.69, 9.17) is 0 Å². The van der Waals surface area contributed by atoms with Gasteiger partial charge in [-0.05, 0) is 51.2 Å². The maximum absolute atomic E-state index is 12.7. The Morgan fingerprint density at radius 1 is 1.11 bits per heavy atom. The molecule has 2 aromatic heterocycles. The standard InChI is InChI=1S/C20H26N4O3/c1-11-9-10-15(21-12(11)2)18-23-16(17(25)20(27)24-18)19(26)22-13(3)14-7-5-4-6-8-14/h9-10,13-14,25H,4-8H2,1-3H3,(H,22,26)(H,23,24,27). The molecule has 1 atom stereocenters. The molecule has 0 saturated heterocycles. The third kappa shape index (κ3) is 4.18. The molecule has 2 heterocycles. The van der Waals surface area contributed by atoms with E-state index in [-0.39, 0.29) is 17.6 Å². The first kappa shape index (κ1) is 19.1. The normalized spacial score (nSPS) is 16.1. The Hall–Kier alpha value is -2.70. The Morgan fingerprint density at radius 2 is 1.81 bits per heavy atom. The molecule has 0 aliphatic heterocycles. The number of carbonyl (C=O) groups excluding carboxylic acids is 1. The van der Waals surface area contributed by atoms with E-state index in [9.17, 15) is 15.0 Å². The minimum Gasteiger partial charge on any atom is -0.501 e. The summed E-state index contributed by atoms with van der Waals surface area (Å²) in [5, 5.41) is 23.0. The van der Waals surface area contributed by atoms with Crippen LogP contribution in [0, 0.1) is 19.8 Å². The molecule has 3 rings (SSSR count). The number of rotatable bonds is 4. The van der Waals surface area contributed by atoms with Crippen LogP contribution in [0.1, 0.15) is 60.8 Å². The summed E-state index contributed by atoms with van der Waals surface area (Å²) in [7, 11) is 0. The Bertz CT molecular complexity index is 847. The van der Waals surface area contributed by atoms with Crippen molar-refractivity contribution >= 4 is 5.91 Å². The topological polar surface area (TPSA) is 108 Å². The van der Waals surface area contributed by atoms with Gasteiger partial charge in [-0.25, -0.2) is 9.97 Å². The van der Waals surface area contributed by atoms with Gasteiger partial charge in [0, 0.05) is 11.7 Å². The molecule has 7 heteroatoms. The van der Waals surface area contributed by atoms with Crippen LogP contribution in [0.25, 0.3) is 11.5 Å². The van der Waals surface area contributed by atoms with Gasteiger partial charge in [0.2, 0.25) is 5.75 Å². The van der Waals surface area contributed by atoms with Gasteiger partial charge in [0.25, 0.3) is 11.8 Å². The van der Waals surface area contributed by atoms with Crippen molar-refractivity contribution in [2.75, 3.05) is 0 Å². The lowest BCUT2D eigenvalue weighted by atomic mass is 9.84. The molecule has 1 aliphatic rings. The highest BCUT2D eigenvalue weighted by atomic mass is 16.3. The lowest BCUT2D eigenvalue weighted by molar-refractivity contribution is 0.0910. The fourth-order valence-corrected chi connectivity index (χ4v) is 3.50. The monoisotopic (exact) mass is 370 g/mol. The molecule has 27 heavy (non-hydrogen) atoms. The first-order valence-electron chi connectivity index (χ1n) is 9.42. The van der Waals surface area contributed by atoms with Gasteiger partial charge in [0.05, 0.1) is 0 Å². The molecule has 1 amide bonds. The first-order chi connectivity index (χ1) is 12.9. The van der Waals surface area contributed by atoms with Gasteiger partial charge in [0.1, 0.15) is 5.69 Å². The maximum atomic E-state index is 12.7. The van der Waals surface area contributed by atoms with E-state index in [1.807, 2.05) is 26.8 Å². The highest BCUT2D eigenvalue weighted by molar-refractivity contribution is 5.96. The van der Waals surface area contributed by atoms with E-state index in [1.165, 1.54) is 19.3 Å². The van der Waals surface area contributed by atoms with Crippen LogP contribution in [0.3, 0.4) is 0 Å². The molecular weight excluding hydrogens is 344 g/mol. The van der Waals surface area contributed by atoms with Gasteiger partial charge in [0.15, 0.2) is 11.5 Å². The Morgan fingerprint density at radius 3 is 2.48 bits per heavy atom. The van der Waals surface area contributed by atoms with Crippen molar-refractivity contribution in [3.05, 3.63) is 29.1 Å². The third-order valence-electron chi connectivity index (χ3n) is 5.38. The second-order valence-corrected chi connectivity index (χ2v) is 7.33. The summed E-state index contributed by atoms with van der Waals surface area (Å²) in [6.45, 7) is 5.77. The average molecular weight is 370 g/mol. The average Bonchev–Trinajstić information content (AvgIpc) is 2.66. The van der Waals surface area contributed by atoms with Gasteiger partial charge >= 0.3 is 0 Å². The largest absolute Gasteiger partial charge is 0.501 e. The van der Waals surface area contributed by atoms with Crippen LogP contribution < -0.4 is 5.32 Å². The molecule has 0 aromatic carbocycles. The molecule has 0 bridgehead atoms. The van der Waals surface area contributed by atoms with E-state index < -0.39 is 17.5 Å². The number of carbonyl (C=O) groups is 1. The van der Waals surface area contributed by atoms with Crippen LogP contribution in [-0.2, 0) is 0 Å². The lowest BCUT2D eigenvalue weighted by Crippen LogP contribution is -2.39. The van der Waals surface area contributed by atoms with Gasteiger partial charge in [-0.2, -0.15) is 4.98 Å². The third-order valence-corrected chi connectivity index (χ3v) is 5.38. The highest BCUT2D eigenvalue weighted by Crippen LogP contribution is 2.30. The van der Waals surface area contributed by atoms with Crippen molar-refractivity contribution in [2.24, 2.45) is 5.92 Å². The molecule has 1 saturated carbocycles. The summed E-state index contributed by atoms with van der Waals surface area (Å²) in [5.74, 6) is -1.25. The Labute approximate surface area is 158 Å². The summed E-state index contributed by atoms with van der Waals surface area (Å²) >= 11 is 0. The molecular formula is C20H26N4O3. The summed E-state index contributed by atoms with van der Waals surface area (Å²) in [6, 6.07) is 3.56. The van der Waals surface area contributed by atoms with Crippen LogP contribution in [0.2, 0.25) is 0 Å². The van der Waals surface area contributed by atoms with E-state index in [1.54, 1.807) is 6.07 Å². The quantitative estimate of drug-likeness (QED) is 0.762. The molecule has 0 radical (unpaired) electrons. The minimum atomic E-state index is -0.629. The zero-order valence-corrected chi connectivity index (χ0v) is 16.0. The number of amides is 1. The molecule has 3 N–H and O–H groups in total. The number of aromatic hydroxyl groups is 2. The van der Waals surface area contributed by atoms with Crippen molar-refractivity contribution in [3.8, 4) is 23.1 Å². The minimum absolute atomic E-state index is 0.0301. The van der Waals surface area contributed by atoms with Crippen molar-refractivity contribution in [1.29, 1.82) is 0 Å². The van der Waals surface area contributed by atoms with Crippen LogP contribution in [-0.4, -0.2) is 37.1 Å². The SMILES string of the molecule is Cc1ccc(-c2nc(O)c(O)c(C(=O)NC(C)C3CCCCC3)n2)nc1C. The summed E-state index contributed by atoms with van der Waals surface area (Å²) in [6.07, 6.45) is 5.75. The molecule has 1 aliphatic carbocycles. The van der Waals surface area contributed by atoms with Gasteiger partial charge in [-0.1, -0.05) is 25.3 Å². The predicted octanol–water partition coefficient (Wildman–Crippen LogP) is 3.27. The second-order valence-electron chi connectivity index (χ2n) is 7.33. The molecule has 0 spiro atoms. The molecule has 1 unspecified atom stereocenters. The summed E-state index contributed by atoms with van der Waals surface area (Å²) in [4.78, 5) is 25.1. The zero-order chi connectivity index (χ0) is 19.6. The summed E-state index contributed by atoms with van der Waals surface area (Å²) < 4.78 is 0. The number of aromatic nitrogens is 3. The van der Waals surface area contributed by atoms with E-state index in [2.05, 4.69) is 20.3 Å². The molecule has 144 valence electrons. The van der Waals surface area contributed by atoms with Crippen molar-refractivity contribution in [2.45, 2.75) is 58.9 Å². The smallest absolute Gasteiger partial charge is 0.274 e. The van der Waals surface area contributed by atoms with Crippen molar-refractivity contribution in [3.63, 3.8) is 0 Å². The molecule has 2 aromatic rings. The highest BCUT2D eigenvalue weighted by Gasteiger charge is 2.26.